The van der Waals surface area contributed by atoms with Crippen LogP contribution < -0.4 is 5.73 Å². The van der Waals surface area contributed by atoms with Gasteiger partial charge in [0.25, 0.3) is 0 Å². The molecule has 0 aliphatic heterocycles. The van der Waals surface area contributed by atoms with E-state index in [0.29, 0.717) is 0 Å². The molecular weight excluding hydrogens is 100 g/mol. The lowest BCUT2D eigenvalue weighted by Gasteiger charge is -1.96. The second-order valence-electron chi connectivity index (χ2n) is 1.57. The summed E-state index contributed by atoms with van der Waals surface area (Å²) in [5.74, 6) is 5.48. The van der Waals surface area contributed by atoms with Gasteiger partial charge < -0.3 is 5.73 Å². The van der Waals surface area contributed by atoms with E-state index < -0.39 is 0 Å². The van der Waals surface area contributed by atoms with Crippen LogP contribution in [0.4, 0.5) is 0 Å². The molecule has 0 aromatic rings. The normalized spacial score (nSPS) is 11.2. The molecule has 0 fully saturated rings. The van der Waals surface area contributed by atoms with Gasteiger partial charge in [0.2, 0.25) is 0 Å². The summed E-state index contributed by atoms with van der Waals surface area (Å²) in [5.41, 5.74) is 5.10. The Balaban J connectivity index is 3.77. The number of hydrogen-bond donors (Lipinski definition) is 2. The third-order valence-electron chi connectivity index (χ3n) is 0.827. The van der Waals surface area contributed by atoms with E-state index >= 15 is 0 Å². The quantitative estimate of drug-likeness (QED) is 0.289. The van der Waals surface area contributed by atoms with Crippen LogP contribution in [0.3, 0.4) is 0 Å². The van der Waals surface area contributed by atoms with Crippen molar-refractivity contribution in [3.05, 3.63) is 0 Å². The molecule has 8 heavy (non-hydrogen) atoms. The minimum atomic E-state index is -0.0833. The highest BCUT2D eigenvalue weighted by atomic mass is 14.7. The highest BCUT2D eigenvalue weighted by Crippen LogP contribution is 1.87. The molecule has 0 rings (SSSR count). The van der Waals surface area contributed by atoms with Crippen molar-refractivity contribution in [1.29, 1.82) is 5.41 Å². The molecule has 44 valence electrons. The second kappa shape index (κ2) is 3.09. The highest BCUT2D eigenvalue weighted by molar-refractivity contribution is 5.81. The zero-order chi connectivity index (χ0) is 6.57. The Hall–Kier alpha value is -0.970. The standard InChI is InChI=1S/C6H10N2/c1-3-4-5(2)6(7)8/h5H,1-2H3,(H3,7,8). The number of hydrogen-bond acceptors (Lipinski definition) is 1. The largest absolute Gasteiger partial charge is 0.387 e. The van der Waals surface area contributed by atoms with Crippen LogP contribution in [0, 0.1) is 23.2 Å². The Morgan fingerprint density at radius 1 is 1.75 bits per heavy atom. The van der Waals surface area contributed by atoms with Crippen LogP contribution in [0.5, 0.6) is 0 Å². The van der Waals surface area contributed by atoms with Crippen LogP contribution in [0.25, 0.3) is 0 Å². The lowest BCUT2D eigenvalue weighted by atomic mass is 10.2. The lowest BCUT2D eigenvalue weighted by molar-refractivity contribution is 1.01. The van der Waals surface area contributed by atoms with Crippen molar-refractivity contribution in [3.63, 3.8) is 0 Å². The Bertz CT molecular complexity index is 138. The van der Waals surface area contributed by atoms with Crippen molar-refractivity contribution >= 4 is 5.84 Å². The van der Waals surface area contributed by atoms with Gasteiger partial charge in [-0.05, 0) is 13.8 Å². The summed E-state index contributed by atoms with van der Waals surface area (Å²) in [5, 5.41) is 6.88. The van der Waals surface area contributed by atoms with Crippen molar-refractivity contribution in [1.82, 2.24) is 0 Å². The van der Waals surface area contributed by atoms with E-state index in [2.05, 4.69) is 11.8 Å². The smallest absolute Gasteiger partial charge is 0.106 e. The molecule has 0 saturated carbocycles. The maximum Gasteiger partial charge on any atom is 0.106 e. The van der Waals surface area contributed by atoms with Crippen LogP contribution in [0.15, 0.2) is 0 Å². The van der Waals surface area contributed by atoms with Crippen molar-refractivity contribution in [2.24, 2.45) is 11.7 Å². The Morgan fingerprint density at radius 2 is 2.25 bits per heavy atom. The minimum Gasteiger partial charge on any atom is -0.387 e. The molecule has 2 heteroatoms. The van der Waals surface area contributed by atoms with Gasteiger partial charge in [-0.3, -0.25) is 5.41 Å². The molecule has 0 radical (unpaired) electrons. The van der Waals surface area contributed by atoms with Crippen LogP contribution in [0.1, 0.15) is 13.8 Å². The predicted octanol–water partition coefficient (Wildman–Crippen LogP) is 0.582. The molecule has 0 bridgehead atoms. The Kier molecular flexibility index (Phi) is 2.71. The average Bonchev–Trinajstić information content (AvgIpc) is 1.67. The van der Waals surface area contributed by atoms with E-state index in [0.717, 1.165) is 0 Å². The van der Waals surface area contributed by atoms with E-state index in [1.807, 2.05) is 0 Å². The average molecular weight is 110 g/mol. The number of amidine groups is 1. The summed E-state index contributed by atoms with van der Waals surface area (Å²) in [6, 6.07) is 0. The van der Waals surface area contributed by atoms with Gasteiger partial charge in [-0.25, -0.2) is 0 Å². The van der Waals surface area contributed by atoms with Gasteiger partial charge in [0, 0.05) is 0 Å². The molecule has 0 amide bonds. The zero-order valence-corrected chi connectivity index (χ0v) is 5.15. The monoisotopic (exact) mass is 110 g/mol. The SMILES string of the molecule is CC#CC(C)C(=N)N. The van der Waals surface area contributed by atoms with Crippen LogP contribution in [-0.2, 0) is 0 Å². The summed E-state index contributed by atoms with van der Waals surface area (Å²) < 4.78 is 0. The maximum absolute atomic E-state index is 6.88. The van der Waals surface area contributed by atoms with Gasteiger partial charge in [0.15, 0.2) is 0 Å². The topological polar surface area (TPSA) is 49.9 Å². The molecule has 1 unspecified atom stereocenters. The number of rotatable bonds is 1. The molecule has 0 aromatic carbocycles. The van der Waals surface area contributed by atoms with Crippen molar-refractivity contribution in [2.45, 2.75) is 13.8 Å². The molecule has 0 aliphatic rings. The fourth-order valence-electron chi connectivity index (χ4n) is 0.294. The van der Waals surface area contributed by atoms with Gasteiger partial charge in [0.05, 0.1) is 5.92 Å². The maximum atomic E-state index is 6.88. The van der Waals surface area contributed by atoms with Crippen LogP contribution in [0.2, 0.25) is 0 Å². The number of nitrogens with one attached hydrogen (secondary N) is 1. The van der Waals surface area contributed by atoms with E-state index in [9.17, 15) is 0 Å². The predicted molar refractivity (Wildman–Crippen MR) is 34.5 cm³/mol. The Morgan fingerprint density at radius 3 is 2.38 bits per heavy atom. The molecule has 0 aromatic heterocycles. The van der Waals surface area contributed by atoms with Gasteiger partial charge in [-0.1, -0.05) is 5.92 Å². The first kappa shape index (κ1) is 7.03. The highest BCUT2D eigenvalue weighted by Gasteiger charge is 1.96. The summed E-state index contributed by atoms with van der Waals surface area (Å²) in [6.07, 6.45) is 0. The van der Waals surface area contributed by atoms with Crippen molar-refractivity contribution in [3.8, 4) is 11.8 Å². The van der Waals surface area contributed by atoms with Gasteiger partial charge in [-0.2, -0.15) is 0 Å². The van der Waals surface area contributed by atoms with Gasteiger partial charge in [-0.15, -0.1) is 5.92 Å². The molecule has 1 atom stereocenters. The summed E-state index contributed by atoms with van der Waals surface area (Å²) >= 11 is 0. The first-order chi connectivity index (χ1) is 3.68. The van der Waals surface area contributed by atoms with E-state index in [1.54, 1.807) is 13.8 Å². The summed E-state index contributed by atoms with van der Waals surface area (Å²) in [6.45, 7) is 3.54. The van der Waals surface area contributed by atoms with Crippen LogP contribution in [-0.4, -0.2) is 5.84 Å². The van der Waals surface area contributed by atoms with Gasteiger partial charge in [0.1, 0.15) is 5.84 Å². The molecule has 2 nitrogen and oxygen atoms in total. The molecule has 0 aliphatic carbocycles. The fraction of sp³-hybridized carbons (Fsp3) is 0.500. The fourth-order valence-corrected chi connectivity index (χ4v) is 0.294. The first-order valence-electron chi connectivity index (χ1n) is 2.44. The zero-order valence-electron chi connectivity index (χ0n) is 5.15. The van der Waals surface area contributed by atoms with Gasteiger partial charge >= 0.3 is 0 Å². The van der Waals surface area contributed by atoms with E-state index in [1.165, 1.54) is 0 Å². The molecule has 3 N–H and O–H groups in total. The third-order valence-corrected chi connectivity index (χ3v) is 0.827. The molecule has 0 heterocycles. The second-order valence-corrected chi connectivity index (χ2v) is 1.57. The lowest BCUT2D eigenvalue weighted by Crippen LogP contribution is -2.17. The van der Waals surface area contributed by atoms with Crippen LogP contribution >= 0.6 is 0 Å². The summed E-state index contributed by atoms with van der Waals surface area (Å²) in [4.78, 5) is 0. The van der Waals surface area contributed by atoms with E-state index in [-0.39, 0.29) is 11.8 Å². The minimum absolute atomic E-state index is 0.0833. The van der Waals surface area contributed by atoms with Crippen molar-refractivity contribution < 1.29 is 0 Å². The molecule has 0 spiro atoms. The Labute approximate surface area is 49.6 Å². The first-order valence-corrected chi connectivity index (χ1v) is 2.44. The number of nitrogens with two attached hydrogens (primary N) is 1. The summed E-state index contributed by atoms with van der Waals surface area (Å²) in [7, 11) is 0. The molecular formula is C6H10N2. The van der Waals surface area contributed by atoms with E-state index in [4.69, 9.17) is 11.1 Å². The molecule has 0 saturated heterocycles. The third kappa shape index (κ3) is 2.25. The van der Waals surface area contributed by atoms with Crippen molar-refractivity contribution in [2.75, 3.05) is 0 Å².